The van der Waals surface area contributed by atoms with E-state index in [9.17, 15) is 5.21 Å². The van der Waals surface area contributed by atoms with E-state index in [0.717, 1.165) is 11.1 Å². The van der Waals surface area contributed by atoms with Crippen LogP contribution in [0, 0.1) is 0 Å². The van der Waals surface area contributed by atoms with Crippen molar-refractivity contribution in [2.24, 2.45) is 5.16 Å². The van der Waals surface area contributed by atoms with Crippen molar-refractivity contribution in [2.45, 2.75) is 0 Å². The molecule has 0 aliphatic heterocycles. The monoisotopic (exact) mass is 297 g/mol. The fraction of sp³-hybridized carbons (Fsp3) is 0. The minimum atomic E-state index is 0.562. The molecule has 4 rings (SSSR count). The third-order valence-electron chi connectivity index (χ3n) is 4.18. The second kappa shape index (κ2) is 5.58. The molecule has 0 saturated carbocycles. The van der Waals surface area contributed by atoms with Crippen molar-refractivity contribution in [1.29, 1.82) is 0 Å². The Balaban J connectivity index is 1.92. The van der Waals surface area contributed by atoms with Crippen LogP contribution in [-0.4, -0.2) is 10.9 Å². The van der Waals surface area contributed by atoms with E-state index < -0.39 is 0 Å². The van der Waals surface area contributed by atoms with Crippen LogP contribution in [0.2, 0.25) is 0 Å². The van der Waals surface area contributed by atoms with Gasteiger partial charge in [-0.25, -0.2) is 0 Å². The minimum Gasteiger partial charge on any atom is -0.410 e. The van der Waals surface area contributed by atoms with E-state index in [1.54, 1.807) is 0 Å². The van der Waals surface area contributed by atoms with E-state index in [1.807, 2.05) is 48.5 Å². The van der Waals surface area contributed by atoms with Crippen molar-refractivity contribution in [3.8, 4) is 11.1 Å². The minimum absolute atomic E-state index is 0.562. The number of allylic oxidation sites excluding steroid dienone is 1. The molecule has 2 nitrogen and oxygen atoms in total. The van der Waals surface area contributed by atoms with Gasteiger partial charge in [-0.3, -0.25) is 0 Å². The Labute approximate surface area is 135 Å². The van der Waals surface area contributed by atoms with Crippen LogP contribution in [0.5, 0.6) is 0 Å². The fourth-order valence-corrected chi connectivity index (χ4v) is 3.12. The summed E-state index contributed by atoms with van der Waals surface area (Å²) in [4.78, 5) is 0. The second-order valence-electron chi connectivity index (χ2n) is 5.50. The zero-order valence-electron chi connectivity index (χ0n) is 12.5. The highest BCUT2D eigenvalue weighted by Gasteiger charge is 2.22. The molecule has 3 aromatic rings. The summed E-state index contributed by atoms with van der Waals surface area (Å²) in [5.74, 6) is 0. The molecule has 0 aromatic heterocycles. The SMILES string of the molecule is O/N=C(/C=C1c2ccccc2-c2ccccc21)c1ccccc1. The van der Waals surface area contributed by atoms with Crippen molar-refractivity contribution >= 4 is 11.3 Å². The van der Waals surface area contributed by atoms with Crippen LogP contribution in [0.1, 0.15) is 16.7 Å². The van der Waals surface area contributed by atoms with Gasteiger partial charge in [-0.2, -0.15) is 0 Å². The first-order chi connectivity index (χ1) is 11.4. The van der Waals surface area contributed by atoms with Gasteiger partial charge in [0, 0.05) is 5.56 Å². The molecule has 2 heteroatoms. The highest BCUT2D eigenvalue weighted by Crippen LogP contribution is 2.43. The van der Waals surface area contributed by atoms with Crippen LogP contribution in [0.4, 0.5) is 0 Å². The molecule has 0 heterocycles. The highest BCUT2D eigenvalue weighted by molar-refractivity contribution is 6.16. The van der Waals surface area contributed by atoms with E-state index in [1.165, 1.54) is 22.3 Å². The van der Waals surface area contributed by atoms with Gasteiger partial charge in [-0.05, 0) is 33.9 Å². The van der Waals surface area contributed by atoms with Crippen molar-refractivity contribution in [1.82, 2.24) is 0 Å². The Bertz CT molecular complexity index is 876. The lowest BCUT2D eigenvalue weighted by Crippen LogP contribution is -1.98. The van der Waals surface area contributed by atoms with Crippen LogP contribution in [-0.2, 0) is 0 Å². The summed E-state index contributed by atoms with van der Waals surface area (Å²) < 4.78 is 0. The molecule has 1 aliphatic rings. The third-order valence-corrected chi connectivity index (χ3v) is 4.18. The summed E-state index contributed by atoms with van der Waals surface area (Å²) in [7, 11) is 0. The first-order valence-electron chi connectivity index (χ1n) is 7.57. The quantitative estimate of drug-likeness (QED) is 0.316. The summed E-state index contributed by atoms with van der Waals surface area (Å²) in [6, 6.07) is 26.4. The predicted octanol–water partition coefficient (Wildman–Crippen LogP) is 4.98. The molecule has 110 valence electrons. The number of hydrogen-bond acceptors (Lipinski definition) is 2. The Morgan fingerprint density at radius 1 is 0.652 bits per heavy atom. The molecule has 1 N–H and O–H groups in total. The summed E-state index contributed by atoms with van der Waals surface area (Å²) in [5.41, 5.74) is 7.33. The smallest absolute Gasteiger partial charge is 0.110 e. The lowest BCUT2D eigenvalue weighted by molar-refractivity contribution is 0.320. The van der Waals surface area contributed by atoms with Gasteiger partial charge in [-0.15, -0.1) is 0 Å². The molecule has 1 aliphatic carbocycles. The molecule has 0 radical (unpaired) electrons. The predicted molar refractivity (Wildman–Crippen MR) is 93.7 cm³/mol. The van der Waals surface area contributed by atoms with E-state index >= 15 is 0 Å². The number of benzene rings is 3. The molecule has 0 atom stereocenters. The standard InChI is InChI=1S/C21H15NO/c23-22-21(15-8-2-1-3-9-15)14-20-18-12-6-4-10-16(18)17-11-5-7-13-19(17)20/h1-14,23H/b22-21-. The zero-order chi connectivity index (χ0) is 15.6. The van der Waals surface area contributed by atoms with Gasteiger partial charge in [0.1, 0.15) is 5.71 Å². The van der Waals surface area contributed by atoms with Gasteiger partial charge in [0.15, 0.2) is 0 Å². The summed E-state index contributed by atoms with van der Waals surface area (Å²) in [6.45, 7) is 0. The molecule has 23 heavy (non-hydrogen) atoms. The molecular weight excluding hydrogens is 282 g/mol. The van der Waals surface area contributed by atoms with Gasteiger partial charge >= 0.3 is 0 Å². The highest BCUT2D eigenvalue weighted by atomic mass is 16.4. The van der Waals surface area contributed by atoms with Gasteiger partial charge in [0.2, 0.25) is 0 Å². The van der Waals surface area contributed by atoms with E-state index in [0.29, 0.717) is 5.71 Å². The number of oxime groups is 1. The third kappa shape index (κ3) is 2.25. The lowest BCUT2D eigenvalue weighted by atomic mass is 10.00. The second-order valence-corrected chi connectivity index (χ2v) is 5.50. The van der Waals surface area contributed by atoms with Crippen molar-refractivity contribution in [3.63, 3.8) is 0 Å². The normalized spacial score (nSPS) is 12.7. The number of rotatable bonds is 2. The Hall–Kier alpha value is -3.13. The van der Waals surface area contributed by atoms with Crippen LogP contribution >= 0.6 is 0 Å². The molecule has 0 amide bonds. The van der Waals surface area contributed by atoms with Crippen LogP contribution in [0.15, 0.2) is 90.1 Å². The first-order valence-corrected chi connectivity index (χ1v) is 7.57. The van der Waals surface area contributed by atoms with Crippen molar-refractivity contribution in [2.75, 3.05) is 0 Å². The Kier molecular flexibility index (Phi) is 3.28. The average molecular weight is 297 g/mol. The van der Waals surface area contributed by atoms with Gasteiger partial charge in [0.25, 0.3) is 0 Å². The van der Waals surface area contributed by atoms with Gasteiger partial charge in [-0.1, -0.05) is 84.0 Å². The summed E-state index contributed by atoms with van der Waals surface area (Å²) in [6.07, 6.45) is 1.96. The average Bonchev–Trinajstić information content (AvgIpc) is 2.94. The molecule has 0 spiro atoms. The maximum Gasteiger partial charge on any atom is 0.110 e. The molecule has 0 fully saturated rings. The van der Waals surface area contributed by atoms with Gasteiger partial charge in [0.05, 0.1) is 0 Å². The van der Waals surface area contributed by atoms with E-state index in [4.69, 9.17) is 0 Å². The number of fused-ring (bicyclic) bond motifs is 3. The van der Waals surface area contributed by atoms with Crippen molar-refractivity contribution < 1.29 is 5.21 Å². The van der Waals surface area contributed by atoms with Crippen LogP contribution < -0.4 is 0 Å². The molecule has 3 aromatic carbocycles. The van der Waals surface area contributed by atoms with Gasteiger partial charge < -0.3 is 5.21 Å². The number of nitrogens with zero attached hydrogens (tertiary/aromatic N) is 1. The van der Waals surface area contributed by atoms with E-state index in [-0.39, 0.29) is 0 Å². The topological polar surface area (TPSA) is 32.6 Å². The molecule has 0 unspecified atom stereocenters. The Morgan fingerprint density at radius 3 is 1.65 bits per heavy atom. The molecule has 0 saturated heterocycles. The first kappa shape index (κ1) is 13.5. The number of hydrogen-bond donors (Lipinski definition) is 1. The zero-order valence-corrected chi connectivity index (χ0v) is 12.5. The van der Waals surface area contributed by atoms with Crippen LogP contribution in [0.3, 0.4) is 0 Å². The van der Waals surface area contributed by atoms with E-state index in [2.05, 4.69) is 41.6 Å². The Morgan fingerprint density at radius 2 is 1.13 bits per heavy atom. The summed E-state index contributed by atoms with van der Waals surface area (Å²) in [5, 5.41) is 13.0. The molecular formula is C21H15NO. The largest absolute Gasteiger partial charge is 0.410 e. The lowest BCUT2D eigenvalue weighted by Gasteiger charge is -2.05. The fourth-order valence-electron chi connectivity index (χ4n) is 3.12. The molecule has 0 bridgehead atoms. The van der Waals surface area contributed by atoms with Crippen molar-refractivity contribution in [3.05, 3.63) is 102 Å². The maximum atomic E-state index is 9.48. The summed E-state index contributed by atoms with van der Waals surface area (Å²) >= 11 is 0. The van der Waals surface area contributed by atoms with Crippen LogP contribution in [0.25, 0.3) is 16.7 Å². The maximum absolute atomic E-state index is 9.48.